The number of furan rings is 1. The zero-order valence-electron chi connectivity index (χ0n) is 8.92. The van der Waals surface area contributed by atoms with E-state index in [1.54, 1.807) is 6.26 Å². The van der Waals surface area contributed by atoms with Crippen LogP contribution in [-0.2, 0) is 6.42 Å². The van der Waals surface area contributed by atoms with E-state index in [0.29, 0.717) is 6.54 Å². The Morgan fingerprint density at radius 2 is 2.36 bits per heavy atom. The van der Waals surface area contributed by atoms with Gasteiger partial charge < -0.3 is 14.8 Å². The summed E-state index contributed by atoms with van der Waals surface area (Å²) in [5.41, 5.74) is -0.594. The van der Waals surface area contributed by atoms with E-state index < -0.39 is 5.60 Å². The first-order valence-corrected chi connectivity index (χ1v) is 5.09. The van der Waals surface area contributed by atoms with Gasteiger partial charge in [0.05, 0.1) is 11.9 Å². The van der Waals surface area contributed by atoms with Crippen LogP contribution < -0.4 is 5.32 Å². The SMILES string of the molecule is CCC(C)(O)CNCCc1ccco1. The van der Waals surface area contributed by atoms with Crippen molar-refractivity contribution in [3.63, 3.8) is 0 Å². The summed E-state index contributed by atoms with van der Waals surface area (Å²) in [7, 11) is 0. The maximum absolute atomic E-state index is 9.69. The second-order valence-electron chi connectivity index (χ2n) is 3.86. The van der Waals surface area contributed by atoms with Crippen LogP contribution in [0.1, 0.15) is 26.0 Å². The second-order valence-corrected chi connectivity index (χ2v) is 3.86. The minimum Gasteiger partial charge on any atom is -0.469 e. The molecule has 0 spiro atoms. The quantitative estimate of drug-likeness (QED) is 0.680. The molecule has 3 nitrogen and oxygen atoms in total. The van der Waals surface area contributed by atoms with Crippen LogP contribution in [0.4, 0.5) is 0 Å². The monoisotopic (exact) mass is 197 g/mol. The van der Waals surface area contributed by atoms with Crippen molar-refractivity contribution >= 4 is 0 Å². The highest BCUT2D eigenvalue weighted by Gasteiger charge is 2.15. The molecule has 0 saturated heterocycles. The predicted octanol–water partition coefficient (Wildman–Crippen LogP) is 1.57. The highest BCUT2D eigenvalue weighted by molar-refractivity contribution is 4.98. The minimum absolute atomic E-state index is 0.594. The van der Waals surface area contributed by atoms with Gasteiger partial charge in [-0.05, 0) is 25.5 Å². The fourth-order valence-corrected chi connectivity index (χ4v) is 1.15. The molecule has 14 heavy (non-hydrogen) atoms. The molecule has 0 amide bonds. The van der Waals surface area contributed by atoms with E-state index in [9.17, 15) is 5.11 Å². The molecule has 1 aromatic rings. The van der Waals surface area contributed by atoms with Crippen LogP contribution in [0.2, 0.25) is 0 Å². The van der Waals surface area contributed by atoms with Gasteiger partial charge in [-0.3, -0.25) is 0 Å². The molecule has 1 aromatic heterocycles. The van der Waals surface area contributed by atoms with Crippen molar-refractivity contribution in [2.24, 2.45) is 0 Å². The summed E-state index contributed by atoms with van der Waals surface area (Å²) in [6.45, 7) is 5.29. The molecule has 0 aliphatic heterocycles. The third-order valence-electron chi connectivity index (χ3n) is 2.40. The summed E-state index contributed by atoms with van der Waals surface area (Å²) in [6.07, 6.45) is 3.31. The number of hydrogen-bond donors (Lipinski definition) is 2. The van der Waals surface area contributed by atoms with Gasteiger partial charge in [0, 0.05) is 19.5 Å². The van der Waals surface area contributed by atoms with Gasteiger partial charge in [0.1, 0.15) is 5.76 Å². The summed E-state index contributed by atoms with van der Waals surface area (Å²) in [5, 5.41) is 12.9. The van der Waals surface area contributed by atoms with E-state index in [0.717, 1.165) is 25.1 Å². The zero-order valence-corrected chi connectivity index (χ0v) is 8.92. The van der Waals surface area contributed by atoms with Crippen LogP contribution in [0.15, 0.2) is 22.8 Å². The minimum atomic E-state index is -0.594. The Balaban J connectivity index is 2.11. The lowest BCUT2D eigenvalue weighted by molar-refractivity contribution is 0.0560. The lowest BCUT2D eigenvalue weighted by Crippen LogP contribution is -2.37. The third-order valence-corrected chi connectivity index (χ3v) is 2.40. The molecule has 0 aliphatic carbocycles. The molecule has 3 heteroatoms. The Morgan fingerprint density at radius 1 is 1.57 bits per heavy atom. The maximum Gasteiger partial charge on any atom is 0.105 e. The number of hydrogen-bond acceptors (Lipinski definition) is 3. The molecule has 2 N–H and O–H groups in total. The molecular formula is C11H19NO2. The highest BCUT2D eigenvalue weighted by Crippen LogP contribution is 2.06. The van der Waals surface area contributed by atoms with E-state index in [1.807, 2.05) is 26.0 Å². The summed E-state index contributed by atoms with van der Waals surface area (Å²) >= 11 is 0. The molecule has 80 valence electrons. The molecule has 1 rings (SSSR count). The van der Waals surface area contributed by atoms with E-state index in [-0.39, 0.29) is 0 Å². The molecule has 1 heterocycles. The van der Waals surface area contributed by atoms with Crippen LogP contribution >= 0.6 is 0 Å². The van der Waals surface area contributed by atoms with Gasteiger partial charge in [-0.15, -0.1) is 0 Å². The summed E-state index contributed by atoms with van der Waals surface area (Å²) < 4.78 is 5.19. The van der Waals surface area contributed by atoms with Crippen molar-refractivity contribution in [1.82, 2.24) is 5.32 Å². The maximum atomic E-state index is 9.69. The van der Waals surface area contributed by atoms with Gasteiger partial charge in [0.25, 0.3) is 0 Å². The number of nitrogens with one attached hydrogen (secondary N) is 1. The molecule has 1 atom stereocenters. The summed E-state index contributed by atoms with van der Waals surface area (Å²) in [6, 6.07) is 3.84. The number of aliphatic hydroxyl groups is 1. The van der Waals surface area contributed by atoms with Gasteiger partial charge in [-0.1, -0.05) is 6.92 Å². The first kappa shape index (κ1) is 11.3. The lowest BCUT2D eigenvalue weighted by atomic mass is 10.0. The van der Waals surface area contributed by atoms with E-state index in [4.69, 9.17) is 4.42 Å². The van der Waals surface area contributed by atoms with Crippen LogP contribution in [0.25, 0.3) is 0 Å². The smallest absolute Gasteiger partial charge is 0.105 e. The van der Waals surface area contributed by atoms with Crippen LogP contribution in [0.3, 0.4) is 0 Å². The standard InChI is InChI=1S/C11H19NO2/c1-3-11(2,13)9-12-7-6-10-5-4-8-14-10/h4-5,8,12-13H,3,6-7,9H2,1-2H3. The predicted molar refractivity (Wildman–Crippen MR) is 56.2 cm³/mol. The van der Waals surface area contributed by atoms with Crippen molar-refractivity contribution < 1.29 is 9.52 Å². The Hall–Kier alpha value is -0.800. The van der Waals surface area contributed by atoms with Gasteiger partial charge in [-0.25, -0.2) is 0 Å². The Morgan fingerprint density at radius 3 is 2.93 bits per heavy atom. The Bertz CT molecular complexity index is 242. The normalized spacial score (nSPS) is 15.4. The topological polar surface area (TPSA) is 45.4 Å². The first-order valence-electron chi connectivity index (χ1n) is 5.09. The average molecular weight is 197 g/mol. The largest absolute Gasteiger partial charge is 0.469 e. The molecular weight excluding hydrogens is 178 g/mol. The van der Waals surface area contributed by atoms with Gasteiger partial charge in [-0.2, -0.15) is 0 Å². The van der Waals surface area contributed by atoms with E-state index >= 15 is 0 Å². The van der Waals surface area contributed by atoms with E-state index in [1.165, 1.54) is 0 Å². The molecule has 1 unspecified atom stereocenters. The van der Waals surface area contributed by atoms with Crippen molar-refractivity contribution in [2.75, 3.05) is 13.1 Å². The van der Waals surface area contributed by atoms with Crippen LogP contribution in [0.5, 0.6) is 0 Å². The third kappa shape index (κ3) is 3.94. The zero-order chi connectivity index (χ0) is 10.4. The Kier molecular flexibility index (Phi) is 4.17. The van der Waals surface area contributed by atoms with Crippen molar-refractivity contribution in [2.45, 2.75) is 32.3 Å². The second kappa shape index (κ2) is 5.17. The average Bonchev–Trinajstić information content (AvgIpc) is 2.65. The van der Waals surface area contributed by atoms with Crippen molar-refractivity contribution in [3.8, 4) is 0 Å². The molecule has 0 bridgehead atoms. The van der Waals surface area contributed by atoms with Crippen molar-refractivity contribution in [3.05, 3.63) is 24.2 Å². The fourth-order valence-electron chi connectivity index (χ4n) is 1.15. The lowest BCUT2D eigenvalue weighted by Gasteiger charge is -2.21. The van der Waals surface area contributed by atoms with Crippen molar-refractivity contribution in [1.29, 1.82) is 0 Å². The van der Waals surface area contributed by atoms with E-state index in [2.05, 4.69) is 5.32 Å². The molecule has 0 aromatic carbocycles. The first-order chi connectivity index (χ1) is 6.64. The van der Waals surface area contributed by atoms with Crippen LogP contribution in [0, 0.1) is 0 Å². The molecule has 0 aliphatic rings. The molecule has 0 saturated carbocycles. The number of rotatable bonds is 6. The van der Waals surface area contributed by atoms with Crippen LogP contribution in [-0.4, -0.2) is 23.8 Å². The summed E-state index contributed by atoms with van der Waals surface area (Å²) in [4.78, 5) is 0. The van der Waals surface area contributed by atoms with Gasteiger partial charge >= 0.3 is 0 Å². The fraction of sp³-hybridized carbons (Fsp3) is 0.636. The molecule has 0 radical (unpaired) electrons. The van der Waals surface area contributed by atoms with Gasteiger partial charge in [0.15, 0.2) is 0 Å². The Labute approximate surface area is 85.1 Å². The van der Waals surface area contributed by atoms with Gasteiger partial charge in [0.2, 0.25) is 0 Å². The summed E-state index contributed by atoms with van der Waals surface area (Å²) in [5.74, 6) is 0.980. The highest BCUT2D eigenvalue weighted by atomic mass is 16.3. The molecule has 0 fully saturated rings.